The number of ether oxygens (including phenoxy) is 1. The van der Waals surface area contributed by atoms with Gasteiger partial charge in [-0.15, -0.1) is 0 Å². The molecule has 5 heteroatoms. The number of esters is 1. The van der Waals surface area contributed by atoms with E-state index in [0.29, 0.717) is 25.9 Å². The average Bonchev–Trinajstić information content (AvgIpc) is 2.36. The molecule has 0 bridgehead atoms. The van der Waals surface area contributed by atoms with Gasteiger partial charge in [0.05, 0.1) is 12.0 Å². The van der Waals surface area contributed by atoms with Crippen molar-refractivity contribution in [1.29, 1.82) is 0 Å². The van der Waals surface area contributed by atoms with Crippen LogP contribution < -0.4 is 0 Å². The zero-order valence-electron chi connectivity index (χ0n) is 11.2. The highest BCUT2D eigenvalue weighted by molar-refractivity contribution is 5.73. The molecule has 5 nitrogen and oxygen atoms in total. The average molecular weight is 257 g/mol. The van der Waals surface area contributed by atoms with E-state index in [2.05, 4.69) is 6.92 Å². The fraction of sp³-hybridized carbons (Fsp3) is 0.846. The second-order valence-electron chi connectivity index (χ2n) is 4.93. The lowest BCUT2D eigenvalue weighted by Crippen LogP contribution is -2.40. The Labute approximate surface area is 108 Å². The molecule has 1 aliphatic heterocycles. The predicted octanol–water partition coefficient (Wildman–Crippen LogP) is 2.50. The van der Waals surface area contributed by atoms with Gasteiger partial charge in [-0.3, -0.25) is 4.79 Å². The van der Waals surface area contributed by atoms with Gasteiger partial charge >= 0.3 is 12.1 Å². The van der Waals surface area contributed by atoms with Gasteiger partial charge in [-0.2, -0.15) is 0 Å². The van der Waals surface area contributed by atoms with E-state index in [1.807, 2.05) is 6.92 Å². The molecule has 0 spiro atoms. The van der Waals surface area contributed by atoms with Gasteiger partial charge in [0.1, 0.15) is 0 Å². The maximum Gasteiger partial charge on any atom is 0.407 e. The zero-order chi connectivity index (χ0) is 13.5. The Morgan fingerprint density at radius 1 is 1.39 bits per heavy atom. The molecular formula is C13H23NO4. The molecular weight excluding hydrogens is 234 g/mol. The van der Waals surface area contributed by atoms with Crippen LogP contribution in [0, 0.1) is 5.92 Å². The molecule has 0 saturated carbocycles. The van der Waals surface area contributed by atoms with Crippen LogP contribution in [-0.4, -0.2) is 41.3 Å². The van der Waals surface area contributed by atoms with Crippen molar-refractivity contribution in [2.45, 2.75) is 52.1 Å². The number of hydrogen-bond acceptors (Lipinski definition) is 3. The molecule has 1 rings (SSSR count). The second kappa shape index (κ2) is 7.24. The molecule has 0 aromatic rings. The lowest BCUT2D eigenvalue weighted by Gasteiger charge is -2.29. The van der Waals surface area contributed by atoms with Crippen LogP contribution in [0.4, 0.5) is 4.79 Å². The van der Waals surface area contributed by atoms with Gasteiger partial charge < -0.3 is 14.7 Å². The van der Waals surface area contributed by atoms with Gasteiger partial charge in [0, 0.05) is 13.1 Å². The highest BCUT2D eigenvalue weighted by atomic mass is 16.5. The second-order valence-corrected chi connectivity index (χ2v) is 4.93. The van der Waals surface area contributed by atoms with Crippen LogP contribution >= 0.6 is 0 Å². The first-order valence-corrected chi connectivity index (χ1v) is 6.73. The van der Waals surface area contributed by atoms with E-state index in [1.54, 1.807) is 0 Å². The summed E-state index contributed by atoms with van der Waals surface area (Å²) >= 11 is 0. The van der Waals surface area contributed by atoms with E-state index in [9.17, 15) is 9.59 Å². The first-order valence-electron chi connectivity index (χ1n) is 6.73. The summed E-state index contributed by atoms with van der Waals surface area (Å²) in [5, 5.41) is 8.82. The number of hydrogen-bond donors (Lipinski definition) is 1. The lowest BCUT2D eigenvalue weighted by atomic mass is 9.97. The number of carbonyl (C=O) groups is 2. The van der Waals surface area contributed by atoms with Crippen molar-refractivity contribution in [3.05, 3.63) is 0 Å². The summed E-state index contributed by atoms with van der Waals surface area (Å²) in [5.74, 6) is -0.298. The summed E-state index contributed by atoms with van der Waals surface area (Å²) < 4.78 is 5.38. The fourth-order valence-electron chi connectivity index (χ4n) is 2.15. The first-order chi connectivity index (χ1) is 8.54. The van der Waals surface area contributed by atoms with E-state index in [0.717, 1.165) is 19.3 Å². The molecule has 18 heavy (non-hydrogen) atoms. The molecule has 1 saturated heterocycles. The number of amides is 1. The highest BCUT2D eigenvalue weighted by Crippen LogP contribution is 2.20. The Hall–Kier alpha value is -1.26. The first kappa shape index (κ1) is 14.8. The maximum absolute atomic E-state index is 11.9. The Morgan fingerprint density at radius 3 is 2.50 bits per heavy atom. The van der Waals surface area contributed by atoms with Crippen molar-refractivity contribution in [3.8, 4) is 0 Å². The molecule has 1 atom stereocenters. The van der Waals surface area contributed by atoms with Crippen LogP contribution in [0.1, 0.15) is 46.0 Å². The van der Waals surface area contributed by atoms with Crippen LogP contribution in [0.2, 0.25) is 0 Å². The van der Waals surface area contributed by atoms with Crippen molar-refractivity contribution in [2.75, 3.05) is 13.1 Å². The Bertz CT molecular complexity index is 285. The molecule has 1 aliphatic rings. The maximum atomic E-state index is 11.9. The summed E-state index contributed by atoms with van der Waals surface area (Å²) in [6.07, 6.45) is 3.27. The van der Waals surface area contributed by atoms with Crippen LogP contribution in [0.25, 0.3) is 0 Å². The van der Waals surface area contributed by atoms with Gasteiger partial charge in [0.2, 0.25) is 0 Å². The van der Waals surface area contributed by atoms with E-state index in [-0.39, 0.29) is 18.0 Å². The van der Waals surface area contributed by atoms with Crippen molar-refractivity contribution in [2.24, 2.45) is 5.92 Å². The zero-order valence-corrected chi connectivity index (χ0v) is 11.2. The number of unbranched alkanes of at least 4 members (excludes halogenated alkanes) is 1. The van der Waals surface area contributed by atoms with E-state index in [1.165, 1.54) is 4.90 Å². The van der Waals surface area contributed by atoms with E-state index < -0.39 is 6.09 Å². The number of piperidine rings is 1. The summed E-state index contributed by atoms with van der Waals surface area (Å²) in [7, 11) is 0. The van der Waals surface area contributed by atoms with Crippen LogP contribution in [0.5, 0.6) is 0 Å². The molecule has 1 amide bonds. The molecule has 0 aromatic heterocycles. The van der Waals surface area contributed by atoms with Crippen molar-refractivity contribution in [1.82, 2.24) is 4.90 Å². The van der Waals surface area contributed by atoms with Gasteiger partial charge in [0.25, 0.3) is 0 Å². The summed E-state index contributed by atoms with van der Waals surface area (Å²) in [6.45, 7) is 4.88. The molecule has 0 aliphatic carbocycles. The standard InChI is InChI=1S/C13H23NO4/c1-3-4-5-10(2)18-12(15)11-6-8-14(9-7-11)13(16)17/h10-11H,3-9H2,1-2H3,(H,16,17). The Kier molecular flexibility index (Phi) is 5.95. The van der Waals surface area contributed by atoms with Crippen molar-refractivity contribution >= 4 is 12.1 Å². The quantitative estimate of drug-likeness (QED) is 0.768. The fourth-order valence-corrected chi connectivity index (χ4v) is 2.15. The third-order valence-corrected chi connectivity index (χ3v) is 3.38. The largest absolute Gasteiger partial charge is 0.465 e. The minimum absolute atomic E-state index is 0.0325. The van der Waals surface area contributed by atoms with Gasteiger partial charge in [-0.1, -0.05) is 19.8 Å². The number of likely N-dealkylation sites (tertiary alicyclic amines) is 1. The molecule has 0 aromatic carbocycles. The molecule has 1 N–H and O–H groups in total. The Balaban J connectivity index is 2.29. The topological polar surface area (TPSA) is 66.8 Å². The SMILES string of the molecule is CCCCC(C)OC(=O)C1CCN(C(=O)O)CC1. The molecule has 1 heterocycles. The van der Waals surface area contributed by atoms with Crippen LogP contribution in [0.15, 0.2) is 0 Å². The van der Waals surface area contributed by atoms with Crippen molar-refractivity contribution in [3.63, 3.8) is 0 Å². The summed E-state index contributed by atoms with van der Waals surface area (Å²) in [4.78, 5) is 23.9. The van der Waals surface area contributed by atoms with E-state index in [4.69, 9.17) is 9.84 Å². The minimum Gasteiger partial charge on any atom is -0.465 e. The lowest BCUT2D eigenvalue weighted by molar-refractivity contribution is -0.155. The number of carboxylic acid groups (broad SMARTS) is 1. The Morgan fingerprint density at radius 2 is 2.00 bits per heavy atom. The summed E-state index contributed by atoms with van der Waals surface area (Å²) in [5.41, 5.74) is 0. The smallest absolute Gasteiger partial charge is 0.407 e. The number of carbonyl (C=O) groups excluding carboxylic acids is 1. The number of rotatable bonds is 5. The van der Waals surface area contributed by atoms with Crippen LogP contribution in [-0.2, 0) is 9.53 Å². The van der Waals surface area contributed by atoms with Crippen LogP contribution in [0.3, 0.4) is 0 Å². The molecule has 1 unspecified atom stereocenters. The van der Waals surface area contributed by atoms with Gasteiger partial charge in [0.15, 0.2) is 0 Å². The number of nitrogens with zero attached hydrogens (tertiary/aromatic N) is 1. The van der Waals surface area contributed by atoms with Gasteiger partial charge in [-0.05, 0) is 26.2 Å². The third kappa shape index (κ3) is 4.55. The highest BCUT2D eigenvalue weighted by Gasteiger charge is 2.28. The normalized spacial score (nSPS) is 18.4. The predicted molar refractivity (Wildman–Crippen MR) is 67.4 cm³/mol. The summed E-state index contributed by atoms with van der Waals surface area (Å²) in [6, 6.07) is 0. The third-order valence-electron chi connectivity index (χ3n) is 3.38. The molecule has 0 radical (unpaired) electrons. The monoisotopic (exact) mass is 257 g/mol. The molecule has 104 valence electrons. The molecule has 1 fully saturated rings. The minimum atomic E-state index is -0.905. The van der Waals surface area contributed by atoms with E-state index >= 15 is 0 Å². The van der Waals surface area contributed by atoms with Gasteiger partial charge in [-0.25, -0.2) is 4.79 Å². The van der Waals surface area contributed by atoms with Crippen molar-refractivity contribution < 1.29 is 19.4 Å².